The highest BCUT2D eigenvalue weighted by Gasteiger charge is 2.20. The molecule has 0 spiro atoms. The Morgan fingerprint density at radius 1 is 1.67 bits per heavy atom. The fourth-order valence-corrected chi connectivity index (χ4v) is 0.898. The van der Waals surface area contributed by atoms with Gasteiger partial charge in [0, 0.05) is 0 Å². The van der Waals surface area contributed by atoms with Gasteiger partial charge in [-0.05, 0) is 6.42 Å². The largest absolute Gasteiger partial charge is 0.289 e. The lowest BCUT2D eigenvalue weighted by Crippen LogP contribution is -2.20. The number of rotatable bonds is 3. The number of hydrogen-bond donors (Lipinski definition) is 1. The van der Waals surface area contributed by atoms with Gasteiger partial charge in [0.15, 0.2) is 5.25 Å². The van der Waals surface area contributed by atoms with Crippen LogP contribution >= 0.6 is 0 Å². The molecule has 1 unspecified atom stereocenters. The van der Waals surface area contributed by atoms with Crippen molar-refractivity contribution in [1.82, 2.24) is 0 Å². The summed E-state index contributed by atoms with van der Waals surface area (Å²) < 4.78 is 28.4. The van der Waals surface area contributed by atoms with Gasteiger partial charge in [0.25, 0.3) is 10.1 Å². The Kier molecular flexibility index (Phi) is 2.80. The summed E-state index contributed by atoms with van der Waals surface area (Å²) in [5.74, 6) is 0. The van der Waals surface area contributed by atoms with Crippen LogP contribution in [0.15, 0.2) is 0 Å². The van der Waals surface area contributed by atoms with E-state index in [0.717, 1.165) is 0 Å². The van der Waals surface area contributed by atoms with E-state index in [9.17, 15) is 13.2 Å². The standard InChI is InChI=1S/C4H7O4S/c1-2-4(3-5)9(6,7)8/h4H,2H2,1H3,(H,6,7,8). The van der Waals surface area contributed by atoms with Gasteiger partial charge in [0.1, 0.15) is 0 Å². The quantitative estimate of drug-likeness (QED) is 0.565. The molecule has 0 aromatic heterocycles. The van der Waals surface area contributed by atoms with Crippen molar-refractivity contribution in [2.45, 2.75) is 18.6 Å². The van der Waals surface area contributed by atoms with Crippen LogP contribution in [0.5, 0.6) is 0 Å². The van der Waals surface area contributed by atoms with Gasteiger partial charge in [0.05, 0.1) is 0 Å². The molecule has 9 heavy (non-hydrogen) atoms. The Bertz CT molecular complexity index is 181. The molecule has 0 aliphatic carbocycles. The van der Waals surface area contributed by atoms with E-state index in [1.807, 2.05) is 0 Å². The maximum Gasteiger partial charge on any atom is 0.275 e. The van der Waals surface area contributed by atoms with Crippen LogP contribution in [0.3, 0.4) is 0 Å². The monoisotopic (exact) mass is 151 g/mol. The average Bonchev–Trinajstić information content (AvgIpc) is 1.65. The molecule has 0 saturated carbocycles. The van der Waals surface area contributed by atoms with Crippen molar-refractivity contribution in [2.75, 3.05) is 0 Å². The van der Waals surface area contributed by atoms with Crippen molar-refractivity contribution >= 4 is 16.4 Å². The van der Waals surface area contributed by atoms with E-state index in [0.29, 0.717) is 0 Å². The Labute approximate surface area is 53.6 Å². The minimum atomic E-state index is -4.19. The normalized spacial score (nSPS) is 14.9. The molecule has 0 amide bonds. The van der Waals surface area contributed by atoms with Crippen molar-refractivity contribution < 1.29 is 17.8 Å². The van der Waals surface area contributed by atoms with Gasteiger partial charge < -0.3 is 0 Å². The van der Waals surface area contributed by atoms with Crippen LogP contribution < -0.4 is 0 Å². The molecule has 1 N–H and O–H groups in total. The highest BCUT2D eigenvalue weighted by molar-refractivity contribution is 7.87. The van der Waals surface area contributed by atoms with Crippen molar-refractivity contribution in [3.05, 3.63) is 0 Å². The maximum atomic E-state index is 10.1. The van der Waals surface area contributed by atoms with E-state index in [-0.39, 0.29) is 6.42 Å². The van der Waals surface area contributed by atoms with E-state index in [1.165, 1.54) is 13.2 Å². The Morgan fingerprint density at radius 3 is 2.11 bits per heavy atom. The molecule has 0 aliphatic rings. The Balaban J connectivity index is 4.32. The van der Waals surface area contributed by atoms with Crippen molar-refractivity contribution in [3.63, 3.8) is 0 Å². The molecule has 5 heteroatoms. The molecule has 0 aromatic rings. The van der Waals surface area contributed by atoms with E-state index in [4.69, 9.17) is 4.55 Å². The van der Waals surface area contributed by atoms with Crippen molar-refractivity contribution in [3.8, 4) is 0 Å². The first-order valence-corrected chi connectivity index (χ1v) is 3.86. The van der Waals surface area contributed by atoms with Gasteiger partial charge in [-0.25, -0.2) is 0 Å². The van der Waals surface area contributed by atoms with Gasteiger partial charge in [-0.2, -0.15) is 8.42 Å². The third-order valence-electron chi connectivity index (χ3n) is 0.862. The van der Waals surface area contributed by atoms with E-state index >= 15 is 0 Å². The molecular weight excluding hydrogens is 144 g/mol. The topological polar surface area (TPSA) is 71.4 Å². The van der Waals surface area contributed by atoms with Crippen molar-refractivity contribution in [2.24, 2.45) is 0 Å². The second-order valence-electron chi connectivity index (χ2n) is 1.53. The zero-order chi connectivity index (χ0) is 7.49. The Morgan fingerprint density at radius 2 is 2.11 bits per heavy atom. The first-order valence-electron chi connectivity index (χ1n) is 2.36. The second-order valence-corrected chi connectivity index (χ2v) is 3.13. The Hall–Kier alpha value is -0.420. The summed E-state index contributed by atoms with van der Waals surface area (Å²) in [6.07, 6.45) is 1.26. The zero-order valence-electron chi connectivity index (χ0n) is 4.86. The average molecular weight is 151 g/mol. The number of carbonyl (C=O) groups excluding carboxylic acids is 1. The van der Waals surface area contributed by atoms with Crippen LogP contribution in [0.2, 0.25) is 0 Å². The highest BCUT2D eigenvalue weighted by atomic mass is 32.2. The first-order chi connectivity index (χ1) is 4.02. The summed E-state index contributed by atoms with van der Waals surface area (Å²) in [7, 11) is -4.19. The number of hydrogen-bond acceptors (Lipinski definition) is 3. The van der Waals surface area contributed by atoms with Gasteiger partial charge in [-0.1, -0.05) is 6.92 Å². The summed E-state index contributed by atoms with van der Waals surface area (Å²) in [6, 6.07) is 0. The van der Waals surface area contributed by atoms with Crippen LogP contribution in [0.4, 0.5) is 0 Å². The molecule has 0 aliphatic heterocycles. The molecule has 0 aromatic carbocycles. The lowest BCUT2D eigenvalue weighted by molar-refractivity contribution is 0.471. The van der Waals surface area contributed by atoms with Crippen LogP contribution in [0, 0.1) is 0 Å². The van der Waals surface area contributed by atoms with E-state index in [2.05, 4.69) is 0 Å². The minimum Gasteiger partial charge on any atom is -0.289 e. The van der Waals surface area contributed by atoms with Gasteiger partial charge in [-0.15, -0.1) is 0 Å². The molecule has 0 heterocycles. The van der Waals surface area contributed by atoms with E-state index < -0.39 is 15.4 Å². The van der Waals surface area contributed by atoms with Crippen LogP contribution in [0.1, 0.15) is 13.3 Å². The van der Waals surface area contributed by atoms with Crippen LogP contribution in [-0.4, -0.2) is 24.5 Å². The predicted octanol–water partition coefficient (Wildman–Crippen LogP) is -0.237. The lowest BCUT2D eigenvalue weighted by Gasteiger charge is -1.98. The molecule has 1 radical (unpaired) electrons. The molecular formula is C4H7O4S. The molecule has 0 saturated heterocycles. The fourth-order valence-electron chi connectivity index (χ4n) is 0.355. The maximum absolute atomic E-state index is 10.1. The molecule has 0 fully saturated rings. The molecule has 0 rings (SSSR count). The summed E-state index contributed by atoms with van der Waals surface area (Å²) >= 11 is 0. The summed E-state index contributed by atoms with van der Waals surface area (Å²) in [5.41, 5.74) is 0. The smallest absolute Gasteiger partial charge is 0.275 e. The van der Waals surface area contributed by atoms with E-state index in [1.54, 1.807) is 0 Å². The SMILES string of the molecule is CCC([C]=O)S(=O)(=O)O. The first kappa shape index (κ1) is 8.58. The zero-order valence-corrected chi connectivity index (χ0v) is 5.68. The summed E-state index contributed by atoms with van der Waals surface area (Å²) in [4.78, 5) is 9.72. The molecule has 0 bridgehead atoms. The molecule has 53 valence electrons. The van der Waals surface area contributed by atoms with Crippen LogP contribution in [0.25, 0.3) is 0 Å². The lowest BCUT2D eigenvalue weighted by atomic mass is 10.4. The fraction of sp³-hybridized carbons (Fsp3) is 0.750. The van der Waals surface area contributed by atoms with Crippen molar-refractivity contribution in [1.29, 1.82) is 0 Å². The highest BCUT2D eigenvalue weighted by Crippen LogP contribution is 1.98. The third-order valence-corrected chi connectivity index (χ3v) is 2.01. The molecule has 4 nitrogen and oxygen atoms in total. The van der Waals surface area contributed by atoms with Gasteiger partial charge in [-0.3, -0.25) is 9.35 Å². The summed E-state index contributed by atoms with van der Waals surface area (Å²) in [5, 5.41) is -1.38. The van der Waals surface area contributed by atoms with Crippen LogP contribution in [-0.2, 0) is 14.9 Å². The predicted molar refractivity (Wildman–Crippen MR) is 31.3 cm³/mol. The second kappa shape index (κ2) is 2.93. The summed E-state index contributed by atoms with van der Waals surface area (Å²) in [6.45, 7) is 1.48. The third kappa shape index (κ3) is 2.57. The van der Waals surface area contributed by atoms with Gasteiger partial charge in [0.2, 0.25) is 6.29 Å². The minimum absolute atomic E-state index is 0.0579. The van der Waals surface area contributed by atoms with Gasteiger partial charge >= 0.3 is 0 Å². The molecule has 1 atom stereocenters.